The topological polar surface area (TPSA) is 15.3 Å². The van der Waals surface area contributed by atoms with Crippen LogP contribution in [0.4, 0.5) is 0 Å². The number of hydrogen-bond donors (Lipinski definition) is 1. The fourth-order valence-corrected chi connectivity index (χ4v) is 2.81. The van der Waals surface area contributed by atoms with Gasteiger partial charge in [0.25, 0.3) is 0 Å². The van der Waals surface area contributed by atoms with Crippen molar-refractivity contribution in [1.82, 2.24) is 10.2 Å². The first-order valence-corrected chi connectivity index (χ1v) is 5.29. The first kappa shape index (κ1) is 11.0. The fourth-order valence-electron chi connectivity index (χ4n) is 2.81. The van der Waals surface area contributed by atoms with Gasteiger partial charge in [-0.05, 0) is 45.3 Å². The van der Waals surface area contributed by atoms with E-state index in [4.69, 9.17) is 0 Å². The first-order chi connectivity index (χ1) is 5.97. The normalized spacial score (nSPS) is 32.8. The summed E-state index contributed by atoms with van der Waals surface area (Å²) < 4.78 is 0. The largest absolute Gasteiger partial charge is 0.316 e. The zero-order valence-electron chi connectivity index (χ0n) is 9.72. The van der Waals surface area contributed by atoms with Crippen LogP contribution in [-0.4, -0.2) is 38.6 Å². The third-order valence-corrected chi connectivity index (χ3v) is 3.38. The molecule has 1 N–H and O–H groups in total. The van der Waals surface area contributed by atoms with Crippen molar-refractivity contribution < 1.29 is 0 Å². The lowest BCUT2D eigenvalue weighted by molar-refractivity contribution is 0.227. The lowest BCUT2D eigenvalue weighted by Crippen LogP contribution is -2.42. The average molecular weight is 184 g/mol. The Hall–Kier alpha value is -0.0800. The predicted molar refractivity (Wildman–Crippen MR) is 57.9 cm³/mol. The molecule has 0 spiro atoms. The Balaban J connectivity index is 2.58. The molecule has 2 nitrogen and oxygen atoms in total. The van der Waals surface area contributed by atoms with E-state index >= 15 is 0 Å². The van der Waals surface area contributed by atoms with Crippen LogP contribution in [0.5, 0.6) is 0 Å². The molecule has 1 fully saturated rings. The zero-order chi connectivity index (χ0) is 10.1. The van der Waals surface area contributed by atoms with Gasteiger partial charge in [-0.15, -0.1) is 0 Å². The fraction of sp³-hybridized carbons (Fsp3) is 1.00. The van der Waals surface area contributed by atoms with Gasteiger partial charge in [-0.25, -0.2) is 0 Å². The maximum Gasteiger partial charge on any atom is 0.0156 e. The van der Waals surface area contributed by atoms with E-state index in [-0.39, 0.29) is 0 Å². The first-order valence-electron chi connectivity index (χ1n) is 5.29. The Kier molecular flexibility index (Phi) is 3.36. The third kappa shape index (κ3) is 2.44. The van der Waals surface area contributed by atoms with Crippen molar-refractivity contribution in [2.24, 2.45) is 11.3 Å². The Morgan fingerprint density at radius 1 is 1.38 bits per heavy atom. The molecule has 1 saturated carbocycles. The molecule has 13 heavy (non-hydrogen) atoms. The van der Waals surface area contributed by atoms with Gasteiger partial charge in [0, 0.05) is 12.6 Å². The van der Waals surface area contributed by atoms with Crippen molar-refractivity contribution in [1.29, 1.82) is 0 Å². The van der Waals surface area contributed by atoms with Crippen LogP contribution >= 0.6 is 0 Å². The molecule has 0 aromatic rings. The Bertz CT molecular complexity index is 163. The van der Waals surface area contributed by atoms with Crippen molar-refractivity contribution in [2.45, 2.75) is 32.7 Å². The van der Waals surface area contributed by atoms with Gasteiger partial charge in [-0.3, -0.25) is 0 Å². The molecule has 0 radical (unpaired) electrons. The van der Waals surface area contributed by atoms with Gasteiger partial charge in [0.1, 0.15) is 0 Å². The smallest absolute Gasteiger partial charge is 0.0156 e. The SMILES string of the molecule is CNC1C(CN(C)C)CCC1(C)C. The van der Waals surface area contributed by atoms with E-state index < -0.39 is 0 Å². The lowest BCUT2D eigenvalue weighted by atomic mass is 9.85. The summed E-state index contributed by atoms with van der Waals surface area (Å²) in [5.41, 5.74) is 0.482. The van der Waals surface area contributed by atoms with Gasteiger partial charge in [0.15, 0.2) is 0 Å². The van der Waals surface area contributed by atoms with Crippen LogP contribution < -0.4 is 5.32 Å². The summed E-state index contributed by atoms with van der Waals surface area (Å²) >= 11 is 0. The maximum atomic E-state index is 3.48. The summed E-state index contributed by atoms with van der Waals surface area (Å²) in [6, 6.07) is 0.690. The third-order valence-electron chi connectivity index (χ3n) is 3.38. The highest BCUT2D eigenvalue weighted by atomic mass is 15.1. The Morgan fingerprint density at radius 3 is 2.46 bits per heavy atom. The molecule has 0 aromatic heterocycles. The number of rotatable bonds is 3. The van der Waals surface area contributed by atoms with E-state index in [0.29, 0.717) is 11.5 Å². The molecule has 2 atom stereocenters. The molecule has 1 aliphatic rings. The van der Waals surface area contributed by atoms with E-state index in [1.165, 1.54) is 19.4 Å². The molecular formula is C11H24N2. The van der Waals surface area contributed by atoms with Gasteiger partial charge in [-0.2, -0.15) is 0 Å². The van der Waals surface area contributed by atoms with Crippen LogP contribution in [0.25, 0.3) is 0 Å². The van der Waals surface area contributed by atoms with Crippen LogP contribution in [0.1, 0.15) is 26.7 Å². The highest BCUT2D eigenvalue weighted by Crippen LogP contribution is 2.41. The molecule has 0 aliphatic heterocycles. The second kappa shape index (κ2) is 3.97. The molecule has 0 amide bonds. The van der Waals surface area contributed by atoms with Crippen LogP contribution in [0.3, 0.4) is 0 Å². The second-order valence-corrected chi connectivity index (χ2v) is 5.32. The molecule has 0 bridgehead atoms. The van der Waals surface area contributed by atoms with Gasteiger partial charge in [0.2, 0.25) is 0 Å². The minimum atomic E-state index is 0.482. The lowest BCUT2D eigenvalue weighted by Gasteiger charge is -2.31. The summed E-state index contributed by atoms with van der Waals surface area (Å²) in [5, 5.41) is 3.48. The van der Waals surface area contributed by atoms with Gasteiger partial charge in [-0.1, -0.05) is 13.8 Å². The average Bonchev–Trinajstić information content (AvgIpc) is 2.25. The number of nitrogens with one attached hydrogen (secondary N) is 1. The minimum Gasteiger partial charge on any atom is -0.316 e. The molecule has 0 saturated heterocycles. The van der Waals surface area contributed by atoms with Crippen LogP contribution in [0.15, 0.2) is 0 Å². The van der Waals surface area contributed by atoms with Gasteiger partial charge in [0.05, 0.1) is 0 Å². The molecule has 1 aliphatic carbocycles. The van der Waals surface area contributed by atoms with Crippen molar-refractivity contribution >= 4 is 0 Å². The molecule has 2 unspecified atom stereocenters. The quantitative estimate of drug-likeness (QED) is 0.716. The molecule has 0 aromatic carbocycles. The van der Waals surface area contributed by atoms with E-state index in [1.807, 2.05) is 0 Å². The van der Waals surface area contributed by atoms with Crippen molar-refractivity contribution in [3.63, 3.8) is 0 Å². The van der Waals surface area contributed by atoms with Crippen molar-refractivity contribution in [3.8, 4) is 0 Å². The summed E-state index contributed by atoms with van der Waals surface area (Å²) in [6.07, 6.45) is 2.73. The van der Waals surface area contributed by atoms with E-state index in [1.54, 1.807) is 0 Å². The maximum absolute atomic E-state index is 3.48. The van der Waals surface area contributed by atoms with Gasteiger partial charge >= 0.3 is 0 Å². The van der Waals surface area contributed by atoms with Crippen molar-refractivity contribution in [2.75, 3.05) is 27.7 Å². The highest BCUT2D eigenvalue weighted by molar-refractivity contribution is 4.96. The summed E-state index contributed by atoms with van der Waals surface area (Å²) in [7, 11) is 6.43. The number of nitrogens with zero attached hydrogens (tertiary/aromatic N) is 1. The second-order valence-electron chi connectivity index (χ2n) is 5.32. The standard InChI is InChI=1S/C11H24N2/c1-11(2)7-6-9(8-13(4)5)10(11)12-3/h9-10,12H,6-8H2,1-5H3. The van der Waals surface area contributed by atoms with E-state index in [0.717, 1.165) is 5.92 Å². The van der Waals surface area contributed by atoms with Crippen LogP contribution in [0, 0.1) is 11.3 Å². The Morgan fingerprint density at radius 2 is 2.00 bits per heavy atom. The summed E-state index contributed by atoms with van der Waals surface area (Å²) in [6.45, 7) is 5.97. The van der Waals surface area contributed by atoms with Crippen LogP contribution in [-0.2, 0) is 0 Å². The summed E-state index contributed by atoms with van der Waals surface area (Å²) in [5.74, 6) is 0.829. The molecule has 78 valence electrons. The Labute approximate surface area is 82.7 Å². The highest BCUT2D eigenvalue weighted by Gasteiger charge is 2.40. The van der Waals surface area contributed by atoms with E-state index in [9.17, 15) is 0 Å². The minimum absolute atomic E-state index is 0.482. The van der Waals surface area contributed by atoms with Gasteiger partial charge < -0.3 is 10.2 Å². The monoisotopic (exact) mass is 184 g/mol. The van der Waals surface area contributed by atoms with Crippen LogP contribution in [0.2, 0.25) is 0 Å². The van der Waals surface area contributed by atoms with Crippen molar-refractivity contribution in [3.05, 3.63) is 0 Å². The molecule has 1 rings (SSSR count). The number of hydrogen-bond acceptors (Lipinski definition) is 2. The molecule has 0 heterocycles. The zero-order valence-corrected chi connectivity index (χ0v) is 9.72. The summed E-state index contributed by atoms with van der Waals surface area (Å²) in [4.78, 5) is 2.30. The molecule has 2 heteroatoms. The molecular weight excluding hydrogens is 160 g/mol. The predicted octanol–water partition coefficient (Wildman–Crippen LogP) is 1.57. The van der Waals surface area contributed by atoms with E-state index in [2.05, 4.69) is 45.2 Å².